The van der Waals surface area contributed by atoms with Gasteiger partial charge in [-0.3, -0.25) is 4.79 Å². The van der Waals surface area contributed by atoms with Gasteiger partial charge >= 0.3 is 5.97 Å². The summed E-state index contributed by atoms with van der Waals surface area (Å²) in [5, 5.41) is 0. The fraction of sp³-hybridized carbons (Fsp3) is 0.923. The number of ether oxygens (including phenoxy) is 1. The minimum absolute atomic E-state index is 0.00523. The zero-order chi connectivity index (χ0) is 12.1. The molecule has 0 rings (SSSR count). The molecular weight excluding hydrogens is 188 g/mol. The maximum atomic E-state index is 11.9. The molecule has 1 unspecified atom stereocenters. The molecule has 0 aliphatic carbocycles. The number of hydrogen-bond donors (Lipinski definition) is 0. The van der Waals surface area contributed by atoms with E-state index in [1.54, 1.807) is 0 Å². The minimum atomic E-state index is -0.0362. The van der Waals surface area contributed by atoms with Gasteiger partial charge in [0.1, 0.15) is 0 Å². The highest BCUT2D eigenvalue weighted by Crippen LogP contribution is 2.32. The molecular formula is C13H26O2. The van der Waals surface area contributed by atoms with Crippen molar-refractivity contribution in [2.75, 3.05) is 6.61 Å². The van der Waals surface area contributed by atoms with Crippen LogP contribution in [-0.2, 0) is 9.53 Å². The fourth-order valence-electron chi connectivity index (χ4n) is 2.03. The van der Waals surface area contributed by atoms with Crippen molar-refractivity contribution in [3.63, 3.8) is 0 Å². The van der Waals surface area contributed by atoms with Crippen LogP contribution in [0.2, 0.25) is 0 Å². The summed E-state index contributed by atoms with van der Waals surface area (Å²) in [6.07, 6.45) is 2.02. The van der Waals surface area contributed by atoms with Crippen molar-refractivity contribution in [2.45, 2.75) is 54.4 Å². The number of carbonyl (C=O) groups is 1. The summed E-state index contributed by atoms with van der Waals surface area (Å²) in [6.45, 7) is 13.1. The van der Waals surface area contributed by atoms with E-state index < -0.39 is 0 Å². The van der Waals surface area contributed by atoms with Crippen molar-refractivity contribution >= 4 is 5.97 Å². The Balaban J connectivity index is 4.32. The Morgan fingerprint density at radius 2 is 1.80 bits per heavy atom. The fourth-order valence-corrected chi connectivity index (χ4v) is 2.03. The van der Waals surface area contributed by atoms with E-state index in [9.17, 15) is 4.79 Å². The highest BCUT2D eigenvalue weighted by atomic mass is 16.5. The lowest BCUT2D eigenvalue weighted by atomic mass is 9.74. The SMILES string of the molecule is CCCCOC(=O)C(C(C)C)C(C)(C)C. The Kier molecular flexibility index (Phi) is 5.92. The highest BCUT2D eigenvalue weighted by Gasteiger charge is 2.34. The molecule has 0 bridgehead atoms. The molecule has 15 heavy (non-hydrogen) atoms. The van der Waals surface area contributed by atoms with Crippen molar-refractivity contribution in [2.24, 2.45) is 17.3 Å². The molecule has 0 N–H and O–H groups in total. The first-order chi connectivity index (χ1) is 6.80. The van der Waals surface area contributed by atoms with Crippen LogP contribution in [-0.4, -0.2) is 12.6 Å². The van der Waals surface area contributed by atoms with E-state index >= 15 is 0 Å². The zero-order valence-corrected chi connectivity index (χ0v) is 11.1. The molecule has 2 nitrogen and oxygen atoms in total. The average Bonchev–Trinajstić information content (AvgIpc) is 2.00. The van der Waals surface area contributed by atoms with Gasteiger partial charge in [-0.05, 0) is 17.8 Å². The van der Waals surface area contributed by atoms with Gasteiger partial charge in [0.2, 0.25) is 0 Å². The van der Waals surface area contributed by atoms with Gasteiger partial charge < -0.3 is 4.74 Å². The second-order valence-corrected chi connectivity index (χ2v) is 5.61. The Morgan fingerprint density at radius 1 is 1.27 bits per heavy atom. The number of rotatable bonds is 5. The van der Waals surface area contributed by atoms with Crippen LogP contribution in [0.25, 0.3) is 0 Å². The molecule has 1 atom stereocenters. The van der Waals surface area contributed by atoms with E-state index in [-0.39, 0.29) is 17.3 Å². The third-order valence-electron chi connectivity index (χ3n) is 2.60. The number of esters is 1. The Hall–Kier alpha value is -0.530. The summed E-state index contributed by atoms with van der Waals surface area (Å²) in [7, 11) is 0. The molecule has 0 aliphatic rings. The zero-order valence-electron chi connectivity index (χ0n) is 11.1. The van der Waals surface area contributed by atoms with Crippen LogP contribution in [0.15, 0.2) is 0 Å². The van der Waals surface area contributed by atoms with Crippen LogP contribution in [0.1, 0.15) is 54.4 Å². The largest absolute Gasteiger partial charge is 0.465 e. The van der Waals surface area contributed by atoms with Crippen LogP contribution in [0.3, 0.4) is 0 Å². The van der Waals surface area contributed by atoms with Gasteiger partial charge in [0, 0.05) is 0 Å². The molecule has 0 amide bonds. The lowest BCUT2D eigenvalue weighted by Gasteiger charge is -2.31. The first kappa shape index (κ1) is 14.5. The van der Waals surface area contributed by atoms with Crippen molar-refractivity contribution in [3.05, 3.63) is 0 Å². The lowest BCUT2D eigenvalue weighted by Crippen LogP contribution is -2.34. The maximum Gasteiger partial charge on any atom is 0.309 e. The van der Waals surface area contributed by atoms with Crippen molar-refractivity contribution < 1.29 is 9.53 Å². The highest BCUT2D eigenvalue weighted by molar-refractivity contribution is 5.73. The molecule has 0 heterocycles. The summed E-state index contributed by atoms with van der Waals surface area (Å²) in [6, 6.07) is 0. The maximum absolute atomic E-state index is 11.9. The van der Waals surface area contributed by atoms with Gasteiger partial charge in [0.05, 0.1) is 12.5 Å². The predicted octanol–water partition coefficient (Wildman–Crippen LogP) is 3.65. The minimum Gasteiger partial charge on any atom is -0.465 e. The monoisotopic (exact) mass is 214 g/mol. The third-order valence-corrected chi connectivity index (χ3v) is 2.60. The van der Waals surface area contributed by atoms with E-state index in [1.807, 2.05) is 0 Å². The quantitative estimate of drug-likeness (QED) is 0.516. The Bertz CT molecular complexity index is 189. The molecule has 0 aromatic carbocycles. The molecule has 0 saturated heterocycles. The molecule has 0 aliphatic heterocycles. The molecule has 0 spiro atoms. The summed E-state index contributed by atoms with van der Waals surface area (Å²) < 4.78 is 5.29. The Morgan fingerprint density at radius 3 is 2.13 bits per heavy atom. The average molecular weight is 214 g/mol. The number of unbranched alkanes of at least 4 members (excludes halogenated alkanes) is 1. The van der Waals surface area contributed by atoms with E-state index in [2.05, 4.69) is 41.5 Å². The normalized spacial score (nSPS) is 14.1. The summed E-state index contributed by atoms with van der Waals surface area (Å²) in [5.41, 5.74) is -0.0164. The van der Waals surface area contributed by atoms with Crippen LogP contribution in [0, 0.1) is 17.3 Å². The number of carbonyl (C=O) groups excluding carboxylic acids is 1. The van der Waals surface area contributed by atoms with E-state index in [0.717, 1.165) is 12.8 Å². The topological polar surface area (TPSA) is 26.3 Å². The van der Waals surface area contributed by atoms with E-state index in [0.29, 0.717) is 12.5 Å². The van der Waals surface area contributed by atoms with Gasteiger partial charge in [0.15, 0.2) is 0 Å². The predicted molar refractivity (Wildman–Crippen MR) is 63.7 cm³/mol. The Labute approximate surface area is 94.4 Å². The van der Waals surface area contributed by atoms with Gasteiger partial charge in [-0.1, -0.05) is 48.0 Å². The standard InChI is InChI=1S/C13H26O2/c1-7-8-9-15-12(14)11(10(2)3)13(4,5)6/h10-11H,7-9H2,1-6H3. The van der Waals surface area contributed by atoms with E-state index in [4.69, 9.17) is 4.74 Å². The first-order valence-corrected chi connectivity index (χ1v) is 5.97. The van der Waals surface area contributed by atoms with Gasteiger partial charge in [-0.2, -0.15) is 0 Å². The van der Waals surface area contributed by atoms with Gasteiger partial charge in [-0.15, -0.1) is 0 Å². The molecule has 0 aromatic rings. The van der Waals surface area contributed by atoms with Crippen LogP contribution < -0.4 is 0 Å². The molecule has 0 aromatic heterocycles. The van der Waals surface area contributed by atoms with E-state index in [1.165, 1.54) is 0 Å². The molecule has 0 saturated carbocycles. The summed E-state index contributed by atoms with van der Waals surface area (Å²) in [5.74, 6) is 0.291. The van der Waals surface area contributed by atoms with Crippen LogP contribution >= 0.6 is 0 Å². The number of hydrogen-bond acceptors (Lipinski definition) is 2. The third kappa shape index (κ3) is 5.19. The summed E-state index contributed by atoms with van der Waals surface area (Å²) >= 11 is 0. The first-order valence-electron chi connectivity index (χ1n) is 5.97. The van der Waals surface area contributed by atoms with Crippen LogP contribution in [0.5, 0.6) is 0 Å². The van der Waals surface area contributed by atoms with Gasteiger partial charge in [0.25, 0.3) is 0 Å². The summed E-state index contributed by atoms with van der Waals surface area (Å²) in [4.78, 5) is 11.9. The lowest BCUT2D eigenvalue weighted by molar-refractivity contribution is -0.154. The van der Waals surface area contributed by atoms with Crippen LogP contribution in [0.4, 0.5) is 0 Å². The van der Waals surface area contributed by atoms with Crippen molar-refractivity contribution in [1.29, 1.82) is 0 Å². The second-order valence-electron chi connectivity index (χ2n) is 5.61. The van der Waals surface area contributed by atoms with Crippen molar-refractivity contribution in [1.82, 2.24) is 0 Å². The smallest absolute Gasteiger partial charge is 0.309 e. The van der Waals surface area contributed by atoms with Crippen molar-refractivity contribution in [3.8, 4) is 0 Å². The van der Waals surface area contributed by atoms with Gasteiger partial charge in [-0.25, -0.2) is 0 Å². The molecule has 0 fully saturated rings. The molecule has 2 heteroatoms. The molecule has 0 radical (unpaired) electrons. The molecule has 90 valence electrons. The second kappa shape index (κ2) is 6.14.